The lowest BCUT2D eigenvalue weighted by Gasteiger charge is -2.08. The topological polar surface area (TPSA) is 101 Å². The van der Waals surface area contributed by atoms with E-state index in [9.17, 15) is 4.79 Å². The molecule has 1 heterocycles. The molecule has 2 rings (SSSR count). The summed E-state index contributed by atoms with van der Waals surface area (Å²) in [6, 6.07) is 8.05. The Balaban J connectivity index is 2.28. The van der Waals surface area contributed by atoms with Crippen LogP contribution < -0.4 is 11.1 Å². The van der Waals surface area contributed by atoms with E-state index in [0.29, 0.717) is 22.5 Å². The van der Waals surface area contributed by atoms with Gasteiger partial charge in [0, 0.05) is 11.8 Å². The van der Waals surface area contributed by atoms with E-state index in [1.165, 1.54) is 23.9 Å². The Morgan fingerprint density at radius 2 is 2.16 bits per heavy atom. The van der Waals surface area contributed by atoms with E-state index >= 15 is 0 Å². The van der Waals surface area contributed by atoms with Gasteiger partial charge in [-0.3, -0.25) is 0 Å². The molecule has 0 fully saturated rings. The summed E-state index contributed by atoms with van der Waals surface area (Å²) in [6.07, 6.45) is 1.85. The minimum atomic E-state index is -0.976. The highest BCUT2D eigenvalue weighted by Gasteiger charge is 2.05. The summed E-state index contributed by atoms with van der Waals surface area (Å²) in [4.78, 5) is 19.2. The zero-order chi connectivity index (χ0) is 13.8. The van der Waals surface area contributed by atoms with Crippen LogP contribution in [0.25, 0.3) is 0 Å². The van der Waals surface area contributed by atoms with Gasteiger partial charge in [-0.25, -0.2) is 14.8 Å². The molecule has 7 heteroatoms. The third-order valence-electron chi connectivity index (χ3n) is 2.29. The van der Waals surface area contributed by atoms with Crippen LogP contribution in [-0.4, -0.2) is 27.3 Å². The van der Waals surface area contributed by atoms with Crippen molar-refractivity contribution in [1.29, 1.82) is 0 Å². The van der Waals surface area contributed by atoms with Crippen molar-refractivity contribution in [3.63, 3.8) is 0 Å². The normalized spacial score (nSPS) is 10.2. The van der Waals surface area contributed by atoms with E-state index in [4.69, 9.17) is 10.8 Å². The number of nitrogen functional groups attached to an aromatic ring is 1. The average molecular weight is 276 g/mol. The molecule has 0 unspecified atom stereocenters. The van der Waals surface area contributed by atoms with E-state index < -0.39 is 5.97 Å². The number of thioether (sulfide) groups is 1. The molecule has 0 aliphatic carbocycles. The van der Waals surface area contributed by atoms with Crippen molar-refractivity contribution in [1.82, 2.24) is 9.97 Å². The summed E-state index contributed by atoms with van der Waals surface area (Å²) in [5, 5.41) is 12.5. The van der Waals surface area contributed by atoms with Crippen LogP contribution in [0.2, 0.25) is 0 Å². The van der Waals surface area contributed by atoms with Crippen molar-refractivity contribution in [2.24, 2.45) is 0 Å². The largest absolute Gasteiger partial charge is 0.478 e. The van der Waals surface area contributed by atoms with Crippen LogP contribution in [0, 0.1) is 0 Å². The Kier molecular flexibility index (Phi) is 3.86. The number of anilines is 3. The first-order valence-electron chi connectivity index (χ1n) is 5.37. The van der Waals surface area contributed by atoms with Crippen molar-refractivity contribution in [2.75, 3.05) is 17.3 Å². The fourth-order valence-electron chi connectivity index (χ4n) is 1.48. The Labute approximate surface area is 114 Å². The fourth-order valence-corrected chi connectivity index (χ4v) is 1.86. The molecule has 0 atom stereocenters. The molecule has 2 aromatic rings. The lowest BCUT2D eigenvalue weighted by Crippen LogP contribution is -2.01. The number of aromatic nitrogens is 2. The summed E-state index contributed by atoms with van der Waals surface area (Å²) >= 11 is 1.38. The molecule has 0 aliphatic heterocycles. The summed E-state index contributed by atoms with van der Waals surface area (Å²) < 4.78 is 0. The van der Waals surface area contributed by atoms with Crippen LogP contribution in [0.1, 0.15) is 10.4 Å². The van der Waals surface area contributed by atoms with Crippen LogP contribution in [-0.2, 0) is 0 Å². The molecule has 0 aliphatic rings. The van der Waals surface area contributed by atoms with Crippen LogP contribution in [0.15, 0.2) is 35.5 Å². The van der Waals surface area contributed by atoms with Crippen molar-refractivity contribution >= 4 is 35.1 Å². The van der Waals surface area contributed by atoms with Gasteiger partial charge in [0.1, 0.15) is 11.6 Å². The number of rotatable bonds is 4. The first-order valence-corrected chi connectivity index (χ1v) is 6.60. The van der Waals surface area contributed by atoms with Crippen LogP contribution in [0.3, 0.4) is 0 Å². The molecule has 6 nitrogen and oxygen atoms in total. The number of aromatic carboxylic acids is 1. The van der Waals surface area contributed by atoms with E-state index in [1.807, 2.05) is 6.26 Å². The molecule has 0 radical (unpaired) electrons. The molecular weight excluding hydrogens is 264 g/mol. The number of carboxylic acid groups (broad SMARTS) is 1. The highest BCUT2D eigenvalue weighted by Crippen LogP contribution is 2.20. The Morgan fingerprint density at radius 1 is 1.37 bits per heavy atom. The van der Waals surface area contributed by atoms with Gasteiger partial charge in [-0.15, -0.1) is 0 Å². The van der Waals surface area contributed by atoms with E-state index in [-0.39, 0.29) is 5.56 Å². The number of nitrogens with one attached hydrogen (secondary N) is 1. The van der Waals surface area contributed by atoms with Gasteiger partial charge in [-0.2, -0.15) is 0 Å². The first kappa shape index (κ1) is 13.2. The highest BCUT2D eigenvalue weighted by molar-refractivity contribution is 7.98. The van der Waals surface area contributed by atoms with Crippen molar-refractivity contribution < 1.29 is 9.90 Å². The molecule has 0 spiro atoms. The number of nitrogens with two attached hydrogens (primary N) is 1. The maximum Gasteiger partial charge on any atom is 0.335 e. The molecule has 0 bridgehead atoms. The number of nitrogens with zero attached hydrogens (tertiary/aromatic N) is 2. The predicted octanol–water partition coefficient (Wildman–Crippen LogP) is 2.22. The highest BCUT2D eigenvalue weighted by atomic mass is 32.2. The van der Waals surface area contributed by atoms with Gasteiger partial charge in [-0.05, 0) is 24.5 Å². The van der Waals surface area contributed by atoms with Gasteiger partial charge in [0.25, 0.3) is 0 Å². The maximum atomic E-state index is 10.9. The van der Waals surface area contributed by atoms with Crippen LogP contribution in [0.4, 0.5) is 17.3 Å². The SMILES string of the molecule is CSc1nc(N)cc(Nc2cccc(C(=O)O)c2)n1. The Bertz CT molecular complexity index is 618. The first-order chi connectivity index (χ1) is 9.08. The van der Waals surface area contributed by atoms with E-state index in [2.05, 4.69) is 15.3 Å². The molecular formula is C12H12N4O2S. The number of hydrogen-bond donors (Lipinski definition) is 3. The van der Waals surface area contributed by atoms with Gasteiger partial charge < -0.3 is 16.2 Å². The fraction of sp³-hybridized carbons (Fsp3) is 0.0833. The van der Waals surface area contributed by atoms with Gasteiger partial charge in [0.2, 0.25) is 0 Å². The van der Waals surface area contributed by atoms with Crippen LogP contribution >= 0.6 is 11.8 Å². The van der Waals surface area contributed by atoms with Gasteiger partial charge in [-0.1, -0.05) is 17.8 Å². The third kappa shape index (κ3) is 3.35. The smallest absolute Gasteiger partial charge is 0.335 e. The summed E-state index contributed by atoms with van der Waals surface area (Å²) in [5.41, 5.74) is 6.50. The quantitative estimate of drug-likeness (QED) is 0.581. The molecule has 19 heavy (non-hydrogen) atoms. The summed E-state index contributed by atoms with van der Waals surface area (Å²) in [6.45, 7) is 0. The van der Waals surface area contributed by atoms with Gasteiger partial charge >= 0.3 is 5.97 Å². The molecule has 98 valence electrons. The third-order valence-corrected chi connectivity index (χ3v) is 2.84. The second kappa shape index (κ2) is 5.57. The number of carbonyl (C=O) groups is 1. The molecule has 0 amide bonds. The zero-order valence-electron chi connectivity index (χ0n) is 10.1. The monoisotopic (exact) mass is 276 g/mol. The lowest BCUT2D eigenvalue weighted by atomic mass is 10.2. The Hall–Kier alpha value is -2.28. The van der Waals surface area contributed by atoms with E-state index in [0.717, 1.165) is 0 Å². The molecule has 1 aromatic heterocycles. The molecule has 1 aromatic carbocycles. The van der Waals surface area contributed by atoms with Gasteiger partial charge in [0.15, 0.2) is 5.16 Å². The standard InChI is InChI=1S/C12H12N4O2S/c1-19-12-15-9(13)6-10(16-12)14-8-4-2-3-7(5-8)11(17)18/h2-6H,1H3,(H,17,18)(H3,13,14,15,16). The average Bonchev–Trinajstić information content (AvgIpc) is 2.38. The summed E-state index contributed by atoms with van der Waals surface area (Å²) in [7, 11) is 0. The van der Waals surface area contributed by atoms with Crippen molar-refractivity contribution in [3.05, 3.63) is 35.9 Å². The van der Waals surface area contributed by atoms with E-state index in [1.54, 1.807) is 18.2 Å². The molecule has 4 N–H and O–H groups in total. The Morgan fingerprint density at radius 3 is 2.84 bits per heavy atom. The number of carboxylic acids is 1. The molecule has 0 saturated heterocycles. The minimum Gasteiger partial charge on any atom is -0.478 e. The van der Waals surface area contributed by atoms with Crippen LogP contribution in [0.5, 0.6) is 0 Å². The van der Waals surface area contributed by atoms with Crippen molar-refractivity contribution in [3.8, 4) is 0 Å². The summed E-state index contributed by atoms with van der Waals surface area (Å²) in [5.74, 6) is -0.0914. The minimum absolute atomic E-state index is 0.206. The van der Waals surface area contributed by atoms with Gasteiger partial charge in [0.05, 0.1) is 5.56 Å². The van der Waals surface area contributed by atoms with Crippen molar-refractivity contribution in [2.45, 2.75) is 5.16 Å². The number of hydrogen-bond acceptors (Lipinski definition) is 6. The second-order valence-corrected chi connectivity index (χ2v) is 4.45. The zero-order valence-corrected chi connectivity index (χ0v) is 10.9. The predicted molar refractivity (Wildman–Crippen MR) is 74.9 cm³/mol. The second-order valence-electron chi connectivity index (χ2n) is 3.68. The number of benzene rings is 1. The maximum absolute atomic E-state index is 10.9. The lowest BCUT2D eigenvalue weighted by molar-refractivity contribution is 0.0697. The molecule has 0 saturated carbocycles.